The van der Waals surface area contributed by atoms with Crippen LogP contribution < -0.4 is 5.32 Å². The SMILES string of the molecule is Cn1cc(-c2nc(NC[C@H]3CCCO3)n[nH]2)c2ccccc21. The number of nitrogens with zero attached hydrogens (tertiary/aromatic N) is 3. The molecule has 2 aromatic heterocycles. The minimum atomic E-state index is 0.277. The maximum atomic E-state index is 5.60. The monoisotopic (exact) mass is 297 g/mol. The van der Waals surface area contributed by atoms with Gasteiger partial charge in [-0.15, -0.1) is 5.10 Å². The highest BCUT2D eigenvalue weighted by Crippen LogP contribution is 2.28. The highest BCUT2D eigenvalue weighted by molar-refractivity contribution is 5.94. The van der Waals surface area contributed by atoms with Gasteiger partial charge in [-0.05, 0) is 18.9 Å². The van der Waals surface area contributed by atoms with Crippen LogP contribution in [0.15, 0.2) is 30.5 Å². The smallest absolute Gasteiger partial charge is 0.242 e. The van der Waals surface area contributed by atoms with Gasteiger partial charge in [0.15, 0.2) is 5.82 Å². The summed E-state index contributed by atoms with van der Waals surface area (Å²) in [6, 6.07) is 8.29. The number of hydrogen-bond acceptors (Lipinski definition) is 4. The van der Waals surface area contributed by atoms with Crippen LogP contribution in [0, 0.1) is 0 Å². The number of H-pyrrole nitrogens is 1. The quantitative estimate of drug-likeness (QED) is 0.776. The van der Waals surface area contributed by atoms with Crippen molar-refractivity contribution in [2.24, 2.45) is 7.05 Å². The molecule has 1 atom stereocenters. The fourth-order valence-electron chi connectivity index (χ4n) is 3.00. The number of aromatic amines is 1. The predicted octanol–water partition coefficient (Wildman–Crippen LogP) is 2.55. The molecule has 0 radical (unpaired) electrons. The molecule has 0 spiro atoms. The summed E-state index contributed by atoms with van der Waals surface area (Å²) in [5.41, 5.74) is 2.25. The van der Waals surface area contributed by atoms with Crippen LogP contribution in [0.25, 0.3) is 22.3 Å². The van der Waals surface area contributed by atoms with Crippen molar-refractivity contribution in [2.45, 2.75) is 18.9 Å². The Hall–Kier alpha value is -2.34. The first-order chi connectivity index (χ1) is 10.8. The topological polar surface area (TPSA) is 67.8 Å². The molecule has 0 saturated carbocycles. The Labute approximate surface area is 128 Å². The molecule has 0 unspecified atom stereocenters. The molecule has 3 heterocycles. The lowest BCUT2D eigenvalue weighted by Crippen LogP contribution is -2.18. The number of hydrogen-bond donors (Lipinski definition) is 2. The third-order valence-electron chi connectivity index (χ3n) is 4.15. The van der Waals surface area contributed by atoms with Crippen molar-refractivity contribution in [1.29, 1.82) is 0 Å². The van der Waals surface area contributed by atoms with Crippen LogP contribution in [0.2, 0.25) is 0 Å². The van der Waals surface area contributed by atoms with E-state index in [0.717, 1.165) is 37.4 Å². The molecule has 114 valence electrons. The summed E-state index contributed by atoms with van der Waals surface area (Å²) in [6.07, 6.45) is 4.60. The fourth-order valence-corrected chi connectivity index (χ4v) is 3.00. The summed E-state index contributed by atoms with van der Waals surface area (Å²) in [5.74, 6) is 1.41. The maximum Gasteiger partial charge on any atom is 0.242 e. The van der Waals surface area contributed by atoms with E-state index in [4.69, 9.17) is 4.74 Å². The number of benzene rings is 1. The minimum Gasteiger partial charge on any atom is -0.376 e. The van der Waals surface area contributed by atoms with Crippen LogP contribution in [0.1, 0.15) is 12.8 Å². The van der Waals surface area contributed by atoms with Crippen molar-refractivity contribution in [3.63, 3.8) is 0 Å². The number of aryl methyl sites for hydroxylation is 1. The van der Waals surface area contributed by atoms with Crippen LogP contribution in [0.3, 0.4) is 0 Å². The van der Waals surface area contributed by atoms with E-state index in [0.29, 0.717) is 5.95 Å². The van der Waals surface area contributed by atoms with Crippen molar-refractivity contribution in [3.8, 4) is 11.4 Å². The Kier molecular flexibility index (Phi) is 3.31. The lowest BCUT2D eigenvalue weighted by atomic mass is 10.2. The lowest BCUT2D eigenvalue weighted by molar-refractivity contribution is 0.120. The van der Waals surface area contributed by atoms with Crippen molar-refractivity contribution in [2.75, 3.05) is 18.5 Å². The third kappa shape index (κ3) is 2.35. The molecule has 22 heavy (non-hydrogen) atoms. The highest BCUT2D eigenvalue weighted by Gasteiger charge is 2.16. The maximum absolute atomic E-state index is 5.60. The largest absolute Gasteiger partial charge is 0.376 e. The van der Waals surface area contributed by atoms with E-state index in [2.05, 4.69) is 43.4 Å². The first-order valence-electron chi connectivity index (χ1n) is 7.63. The summed E-state index contributed by atoms with van der Waals surface area (Å²) in [7, 11) is 2.04. The second-order valence-electron chi connectivity index (χ2n) is 5.69. The Morgan fingerprint density at radius 1 is 1.41 bits per heavy atom. The van der Waals surface area contributed by atoms with Crippen molar-refractivity contribution >= 4 is 16.9 Å². The number of nitrogens with one attached hydrogen (secondary N) is 2. The molecule has 1 aliphatic rings. The van der Waals surface area contributed by atoms with Gasteiger partial charge in [-0.1, -0.05) is 18.2 Å². The molecule has 2 N–H and O–H groups in total. The molecule has 6 heteroatoms. The first-order valence-corrected chi connectivity index (χ1v) is 7.63. The average Bonchev–Trinajstić information content (AvgIpc) is 3.26. The summed E-state index contributed by atoms with van der Waals surface area (Å²) in [6.45, 7) is 1.62. The van der Waals surface area contributed by atoms with E-state index in [1.54, 1.807) is 0 Å². The molecule has 0 aliphatic carbocycles. The van der Waals surface area contributed by atoms with Gasteiger partial charge in [-0.25, -0.2) is 0 Å². The second kappa shape index (κ2) is 5.46. The molecule has 1 aliphatic heterocycles. The molecule has 0 amide bonds. The van der Waals surface area contributed by atoms with E-state index in [9.17, 15) is 0 Å². The summed E-state index contributed by atoms with van der Waals surface area (Å²) in [5, 5.41) is 11.7. The molecular weight excluding hydrogens is 278 g/mol. The standard InChI is InChI=1S/C16H19N5O/c1-21-10-13(12-6-2-3-7-14(12)21)15-18-16(20-19-15)17-9-11-5-4-8-22-11/h2-3,6-7,10-11H,4-5,8-9H2,1H3,(H2,17,18,19,20)/t11-/m1/s1. The fraction of sp³-hybridized carbons (Fsp3) is 0.375. The van der Waals surface area contributed by atoms with Gasteiger partial charge in [0.25, 0.3) is 0 Å². The van der Waals surface area contributed by atoms with Gasteiger partial charge in [-0.3, -0.25) is 5.10 Å². The summed E-state index contributed by atoms with van der Waals surface area (Å²) < 4.78 is 7.70. The molecule has 0 bridgehead atoms. The predicted molar refractivity (Wildman–Crippen MR) is 85.8 cm³/mol. The third-order valence-corrected chi connectivity index (χ3v) is 4.15. The Morgan fingerprint density at radius 2 is 2.32 bits per heavy atom. The van der Waals surface area contributed by atoms with Crippen LogP contribution in [-0.2, 0) is 11.8 Å². The Balaban J connectivity index is 1.57. The number of fused-ring (bicyclic) bond motifs is 1. The average molecular weight is 297 g/mol. The van der Waals surface area contributed by atoms with Gasteiger partial charge in [0.1, 0.15) is 0 Å². The number of aromatic nitrogens is 4. The van der Waals surface area contributed by atoms with E-state index in [1.807, 2.05) is 19.2 Å². The van der Waals surface area contributed by atoms with Crippen LogP contribution in [-0.4, -0.2) is 39.0 Å². The van der Waals surface area contributed by atoms with Crippen molar-refractivity contribution in [1.82, 2.24) is 19.7 Å². The number of ether oxygens (including phenoxy) is 1. The molecular formula is C16H19N5O. The highest BCUT2D eigenvalue weighted by atomic mass is 16.5. The second-order valence-corrected chi connectivity index (χ2v) is 5.69. The molecule has 6 nitrogen and oxygen atoms in total. The minimum absolute atomic E-state index is 0.277. The molecule has 1 aromatic carbocycles. The van der Waals surface area contributed by atoms with Gasteiger partial charge < -0.3 is 14.6 Å². The summed E-state index contributed by atoms with van der Waals surface area (Å²) in [4.78, 5) is 4.56. The van der Waals surface area contributed by atoms with Crippen molar-refractivity contribution in [3.05, 3.63) is 30.5 Å². The zero-order valence-corrected chi connectivity index (χ0v) is 12.5. The number of anilines is 1. The molecule has 1 fully saturated rings. The first kappa shape index (κ1) is 13.3. The Bertz CT molecular complexity index is 785. The Morgan fingerprint density at radius 3 is 3.18 bits per heavy atom. The number of para-hydroxylation sites is 1. The van der Waals surface area contributed by atoms with Gasteiger partial charge in [-0.2, -0.15) is 4.98 Å². The number of rotatable bonds is 4. The van der Waals surface area contributed by atoms with E-state index in [-0.39, 0.29) is 6.10 Å². The summed E-state index contributed by atoms with van der Waals surface area (Å²) >= 11 is 0. The van der Waals surface area contributed by atoms with E-state index < -0.39 is 0 Å². The van der Waals surface area contributed by atoms with Gasteiger partial charge in [0.2, 0.25) is 5.95 Å². The van der Waals surface area contributed by atoms with Crippen LogP contribution in [0.5, 0.6) is 0 Å². The molecule has 4 rings (SSSR count). The van der Waals surface area contributed by atoms with E-state index >= 15 is 0 Å². The van der Waals surface area contributed by atoms with Gasteiger partial charge in [0, 0.05) is 42.9 Å². The van der Waals surface area contributed by atoms with Crippen LogP contribution in [0.4, 0.5) is 5.95 Å². The zero-order chi connectivity index (χ0) is 14.9. The van der Waals surface area contributed by atoms with E-state index in [1.165, 1.54) is 10.9 Å². The van der Waals surface area contributed by atoms with Crippen LogP contribution >= 0.6 is 0 Å². The molecule has 3 aromatic rings. The van der Waals surface area contributed by atoms with Gasteiger partial charge in [0.05, 0.1) is 6.10 Å². The normalized spacial score (nSPS) is 18.1. The zero-order valence-electron chi connectivity index (χ0n) is 12.5. The molecule has 1 saturated heterocycles. The van der Waals surface area contributed by atoms with Crippen molar-refractivity contribution < 1.29 is 4.74 Å². The van der Waals surface area contributed by atoms with Gasteiger partial charge >= 0.3 is 0 Å². The lowest BCUT2D eigenvalue weighted by Gasteiger charge is -2.08.